The van der Waals surface area contributed by atoms with E-state index in [0.29, 0.717) is 0 Å². The summed E-state index contributed by atoms with van der Waals surface area (Å²) in [6, 6.07) is 14.1. The lowest BCUT2D eigenvalue weighted by molar-refractivity contribution is 0.415. The van der Waals surface area contributed by atoms with E-state index in [1.54, 1.807) is 7.11 Å². The molecule has 0 aliphatic rings. The van der Waals surface area contributed by atoms with Gasteiger partial charge in [0.1, 0.15) is 5.75 Å². The molecule has 0 saturated carbocycles. The molecule has 2 aromatic rings. The van der Waals surface area contributed by atoms with Gasteiger partial charge in [-0.1, -0.05) is 24.3 Å². The molecule has 2 aromatic carbocycles. The van der Waals surface area contributed by atoms with Gasteiger partial charge in [-0.2, -0.15) is 0 Å². The SMILES string of the molecule is COc1cccc(-c2ccc(C)c(N)c2)c1. The summed E-state index contributed by atoms with van der Waals surface area (Å²) in [7, 11) is 1.67. The summed E-state index contributed by atoms with van der Waals surface area (Å²) in [4.78, 5) is 0. The highest BCUT2D eigenvalue weighted by Gasteiger charge is 2.01. The van der Waals surface area contributed by atoms with Crippen molar-refractivity contribution in [2.24, 2.45) is 0 Å². The van der Waals surface area contributed by atoms with Crippen LogP contribution < -0.4 is 10.5 Å². The third-order valence-electron chi connectivity index (χ3n) is 2.68. The molecule has 2 heteroatoms. The van der Waals surface area contributed by atoms with Crippen LogP contribution >= 0.6 is 0 Å². The van der Waals surface area contributed by atoms with Gasteiger partial charge in [-0.15, -0.1) is 0 Å². The highest BCUT2D eigenvalue weighted by molar-refractivity contribution is 5.69. The van der Waals surface area contributed by atoms with Crippen molar-refractivity contribution in [3.8, 4) is 16.9 Å². The second kappa shape index (κ2) is 4.27. The molecule has 0 amide bonds. The summed E-state index contributed by atoms with van der Waals surface area (Å²) in [5, 5.41) is 0. The molecule has 0 saturated heterocycles. The quantitative estimate of drug-likeness (QED) is 0.777. The Morgan fingerprint density at radius 3 is 2.44 bits per heavy atom. The second-order valence-corrected chi connectivity index (χ2v) is 3.80. The van der Waals surface area contributed by atoms with Gasteiger partial charge in [0.05, 0.1) is 7.11 Å². The van der Waals surface area contributed by atoms with Crippen molar-refractivity contribution in [2.45, 2.75) is 6.92 Å². The van der Waals surface area contributed by atoms with Crippen molar-refractivity contribution in [1.29, 1.82) is 0 Å². The van der Waals surface area contributed by atoms with Crippen molar-refractivity contribution in [2.75, 3.05) is 12.8 Å². The summed E-state index contributed by atoms with van der Waals surface area (Å²) < 4.78 is 5.20. The van der Waals surface area contributed by atoms with Crippen LogP contribution in [-0.4, -0.2) is 7.11 Å². The number of hydrogen-bond donors (Lipinski definition) is 1. The van der Waals surface area contributed by atoms with E-state index in [1.807, 2.05) is 43.3 Å². The topological polar surface area (TPSA) is 35.2 Å². The summed E-state index contributed by atoms with van der Waals surface area (Å²) >= 11 is 0. The van der Waals surface area contributed by atoms with E-state index in [2.05, 4.69) is 6.07 Å². The largest absolute Gasteiger partial charge is 0.497 e. The molecule has 0 spiro atoms. The van der Waals surface area contributed by atoms with Crippen LogP contribution in [0.3, 0.4) is 0 Å². The van der Waals surface area contributed by atoms with E-state index in [4.69, 9.17) is 10.5 Å². The minimum Gasteiger partial charge on any atom is -0.497 e. The van der Waals surface area contributed by atoms with E-state index >= 15 is 0 Å². The average Bonchev–Trinajstić information content (AvgIpc) is 2.33. The maximum absolute atomic E-state index is 5.90. The minimum atomic E-state index is 0.820. The van der Waals surface area contributed by atoms with Crippen LogP contribution in [0.25, 0.3) is 11.1 Å². The van der Waals surface area contributed by atoms with Crippen LogP contribution in [0.5, 0.6) is 5.75 Å². The predicted molar refractivity (Wildman–Crippen MR) is 67.6 cm³/mol. The van der Waals surface area contributed by atoms with E-state index in [1.165, 1.54) is 0 Å². The van der Waals surface area contributed by atoms with Crippen molar-refractivity contribution >= 4 is 5.69 Å². The zero-order valence-corrected chi connectivity index (χ0v) is 9.53. The van der Waals surface area contributed by atoms with Gasteiger partial charge in [-0.05, 0) is 41.8 Å². The predicted octanol–water partition coefficient (Wildman–Crippen LogP) is 3.25. The number of anilines is 1. The van der Waals surface area contributed by atoms with Crippen LogP contribution in [0, 0.1) is 6.92 Å². The van der Waals surface area contributed by atoms with Crippen molar-refractivity contribution in [3.63, 3.8) is 0 Å². The van der Waals surface area contributed by atoms with Crippen molar-refractivity contribution in [3.05, 3.63) is 48.0 Å². The van der Waals surface area contributed by atoms with E-state index in [9.17, 15) is 0 Å². The maximum Gasteiger partial charge on any atom is 0.119 e. The molecule has 0 aromatic heterocycles. The molecule has 0 radical (unpaired) electrons. The number of benzene rings is 2. The van der Waals surface area contributed by atoms with E-state index in [0.717, 1.165) is 28.1 Å². The average molecular weight is 213 g/mol. The molecule has 0 unspecified atom stereocenters. The fraction of sp³-hybridized carbons (Fsp3) is 0.143. The molecule has 0 fully saturated rings. The zero-order chi connectivity index (χ0) is 11.5. The molecule has 2 rings (SSSR count). The van der Waals surface area contributed by atoms with E-state index < -0.39 is 0 Å². The molecule has 82 valence electrons. The molecule has 0 atom stereocenters. The number of nitrogen functional groups attached to an aromatic ring is 1. The summed E-state index contributed by atoms with van der Waals surface area (Å²) in [5.41, 5.74) is 10.1. The second-order valence-electron chi connectivity index (χ2n) is 3.80. The Labute approximate surface area is 95.7 Å². The Morgan fingerprint density at radius 1 is 1.00 bits per heavy atom. The van der Waals surface area contributed by atoms with Crippen molar-refractivity contribution in [1.82, 2.24) is 0 Å². The summed E-state index contributed by atoms with van der Waals surface area (Å²) in [5.74, 6) is 0.858. The number of nitrogens with two attached hydrogens (primary N) is 1. The Bertz CT molecular complexity index is 506. The number of methoxy groups -OCH3 is 1. The van der Waals surface area contributed by atoms with Gasteiger partial charge in [-0.3, -0.25) is 0 Å². The highest BCUT2D eigenvalue weighted by atomic mass is 16.5. The standard InChI is InChI=1S/C14H15NO/c1-10-6-7-12(9-14(10)15)11-4-3-5-13(8-11)16-2/h3-9H,15H2,1-2H3. The molecule has 2 N–H and O–H groups in total. The lowest BCUT2D eigenvalue weighted by Crippen LogP contribution is -1.90. The van der Waals surface area contributed by atoms with Crippen molar-refractivity contribution < 1.29 is 4.74 Å². The maximum atomic E-state index is 5.90. The van der Waals surface area contributed by atoms with Gasteiger partial charge in [0.25, 0.3) is 0 Å². The van der Waals surface area contributed by atoms with Crippen LogP contribution in [0.15, 0.2) is 42.5 Å². The molecule has 2 nitrogen and oxygen atoms in total. The molecule has 0 bridgehead atoms. The number of aryl methyl sites for hydroxylation is 1. The first-order valence-corrected chi connectivity index (χ1v) is 5.21. The molecule has 0 heterocycles. The fourth-order valence-corrected chi connectivity index (χ4v) is 1.62. The van der Waals surface area contributed by atoms with Gasteiger partial charge in [0.2, 0.25) is 0 Å². The third kappa shape index (κ3) is 2.01. The Morgan fingerprint density at radius 2 is 1.75 bits per heavy atom. The summed E-state index contributed by atoms with van der Waals surface area (Å²) in [6.45, 7) is 2.00. The van der Waals surface area contributed by atoms with Gasteiger partial charge in [0, 0.05) is 5.69 Å². The Kier molecular flexibility index (Phi) is 2.82. The Hall–Kier alpha value is -1.96. The molecule has 0 aliphatic carbocycles. The van der Waals surface area contributed by atoms with Gasteiger partial charge in [-0.25, -0.2) is 0 Å². The van der Waals surface area contributed by atoms with Gasteiger partial charge < -0.3 is 10.5 Å². The van der Waals surface area contributed by atoms with Crippen LogP contribution in [-0.2, 0) is 0 Å². The Balaban J connectivity index is 2.46. The van der Waals surface area contributed by atoms with Crippen LogP contribution in [0.2, 0.25) is 0 Å². The molecular formula is C14H15NO. The molecule has 16 heavy (non-hydrogen) atoms. The first kappa shape index (κ1) is 10.6. The monoisotopic (exact) mass is 213 g/mol. The van der Waals surface area contributed by atoms with Crippen LogP contribution in [0.4, 0.5) is 5.69 Å². The lowest BCUT2D eigenvalue weighted by atomic mass is 10.0. The fourth-order valence-electron chi connectivity index (χ4n) is 1.62. The van der Waals surface area contributed by atoms with Crippen LogP contribution in [0.1, 0.15) is 5.56 Å². The molecule has 0 aliphatic heterocycles. The number of ether oxygens (including phenoxy) is 1. The number of rotatable bonds is 2. The first-order valence-electron chi connectivity index (χ1n) is 5.21. The summed E-state index contributed by atoms with van der Waals surface area (Å²) in [6.07, 6.45) is 0. The van der Waals surface area contributed by atoms with Gasteiger partial charge in [0.15, 0.2) is 0 Å². The first-order chi connectivity index (χ1) is 7.70. The normalized spacial score (nSPS) is 10.1. The van der Waals surface area contributed by atoms with E-state index in [-0.39, 0.29) is 0 Å². The molecular weight excluding hydrogens is 198 g/mol. The minimum absolute atomic E-state index is 0.820. The lowest BCUT2D eigenvalue weighted by Gasteiger charge is -2.07. The zero-order valence-electron chi connectivity index (χ0n) is 9.53. The highest BCUT2D eigenvalue weighted by Crippen LogP contribution is 2.26. The smallest absolute Gasteiger partial charge is 0.119 e. The van der Waals surface area contributed by atoms with Gasteiger partial charge >= 0.3 is 0 Å². The number of hydrogen-bond acceptors (Lipinski definition) is 2. The third-order valence-corrected chi connectivity index (χ3v) is 2.68.